The monoisotopic (exact) mass is 293 g/mol. The minimum absolute atomic E-state index is 0.126. The Bertz CT molecular complexity index is 471. The van der Waals surface area contributed by atoms with Gasteiger partial charge in [0.1, 0.15) is 5.69 Å². The number of anilines is 1. The van der Waals surface area contributed by atoms with Crippen LogP contribution in [0.5, 0.6) is 0 Å². The van der Waals surface area contributed by atoms with Crippen molar-refractivity contribution in [3.8, 4) is 0 Å². The molecule has 0 aromatic carbocycles. The first kappa shape index (κ1) is 15.8. The summed E-state index contributed by atoms with van der Waals surface area (Å²) >= 11 is 0. The molecule has 1 aromatic rings. The van der Waals surface area contributed by atoms with Crippen LogP contribution in [0.4, 0.5) is 5.69 Å². The second-order valence-corrected chi connectivity index (χ2v) is 5.75. The molecule has 0 bridgehead atoms. The molecule has 1 atom stereocenters. The van der Waals surface area contributed by atoms with Crippen LogP contribution in [0.25, 0.3) is 0 Å². The van der Waals surface area contributed by atoms with E-state index >= 15 is 0 Å². The van der Waals surface area contributed by atoms with Crippen molar-refractivity contribution < 1.29 is 4.79 Å². The van der Waals surface area contributed by atoms with Crippen LogP contribution in [0, 0.1) is 0 Å². The maximum absolute atomic E-state index is 12.2. The standard InChI is InChI=1S/C15H27N5O/c1-3-20-14(13(16)11-18-20)15(21)17-8-6-10-19-9-5-4-7-12(19)2/h11-12H,3-10,16H2,1-2H3,(H,17,21). The molecule has 1 aliphatic rings. The van der Waals surface area contributed by atoms with E-state index in [0.29, 0.717) is 30.5 Å². The van der Waals surface area contributed by atoms with Crippen LogP contribution in [0.15, 0.2) is 6.20 Å². The average molecular weight is 293 g/mol. The molecular formula is C15H27N5O. The highest BCUT2D eigenvalue weighted by Gasteiger charge is 2.18. The van der Waals surface area contributed by atoms with Crippen molar-refractivity contribution in [1.29, 1.82) is 0 Å². The van der Waals surface area contributed by atoms with Crippen molar-refractivity contribution in [1.82, 2.24) is 20.0 Å². The maximum atomic E-state index is 12.2. The smallest absolute Gasteiger partial charge is 0.271 e. The van der Waals surface area contributed by atoms with E-state index < -0.39 is 0 Å². The molecule has 1 fully saturated rings. The van der Waals surface area contributed by atoms with Crippen LogP contribution >= 0.6 is 0 Å². The van der Waals surface area contributed by atoms with Gasteiger partial charge in [-0.3, -0.25) is 9.48 Å². The molecule has 1 unspecified atom stereocenters. The number of nitrogens with zero attached hydrogens (tertiary/aromatic N) is 3. The minimum atomic E-state index is -0.126. The number of aryl methyl sites for hydroxylation is 1. The molecule has 0 saturated carbocycles. The Kier molecular flexibility index (Phi) is 5.61. The zero-order valence-electron chi connectivity index (χ0n) is 13.1. The van der Waals surface area contributed by atoms with Gasteiger partial charge in [-0.25, -0.2) is 0 Å². The molecule has 2 rings (SSSR count). The fraction of sp³-hybridized carbons (Fsp3) is 0.733. The van der Waals surface area contributed by atoms with Gasteiger partial charge in [0, 0.05) is 25.7 Å². The summed E-state index contributed by atoms with van der Waals surface area (Å²) in [4.78, 5) is 14.7. The largest absolute Gasteiger partial charge is 0.396 e. The summed E-state index contributed by atoms with van der Waals surface area (Å²) in [5, 5.41) is 7.04. The quantitative estimate of drug-likeness (QED) is 0.779. The molecular weight excluding hydrogens is 266 g/mol. The van der Waals surface area contributed by atoms with Gasteiger partial charge in [0.05, 0.1) is 11.9 Å². The van der Waals surface area contributed by atoms with Gasteiger partial charge < -0.3 is 16.0 Å². The Hall–Kier alpha value is -1.56. The number of carbonyl (C=O) groups is 1. The number of hydrogen-bond acceptors (Lipinski definition) is 4. The molecule has 6 nitrogen and oxygen atoms in total. The number of hydrogen-bond donors (Lipinski definition) is 2. The summed E-state index contributed by atoms with van der Waals surface area (Å²) in [6.45, 7) is 7.79. The highest BCUT2D eigenvalue weighted by molar-refractivity contribution is 5.97. The van der Waals surface area contributed by atoms with E-state index in [0.717, 1.165) is 13.0 Å². The van der Waals surface area contributed by atoms with Gasteiger partial charge in [0.25, 0.3) is 5.91 Å². The number of likely N-dealkylation sites (tertiary alicyclic amines) is 1. The normalized spacial score (nSPS) is 19.6. The average Bonchev–Trinajstić information content (AvgIpc) is 2.86. The number of carbonyl (C=O) groups excluding carboxylic acids is 1. The fourth-order valence-electron chi connectivity index (χ4n) is 2.95. The highest BCUT2D eigenvalue weighted by atomic mass is 16.2. The summed E-state index contributed by atoms with van der Waals surface area (Å²) in [7, 11) is 0. The van der Waals surface area contributed by atoms with Crippen molar-refractivity contribution in [3.05, 3.63) is 11.9 Å². The van der Waals surface area contributed by atoms with Crippen LogP contribution < -0.4 is 11.1 Å². The molecule has 6 heteroatoms. The zero-order valence-corrected chi connectivity index (χ0v) is 13.1. The van der Waals surface area contributed by atoms with Crippen LogP contribution in [0.1, 0.15) is 50.0 Å². The molecule has 1 saturated heterocycles. The Labute approximate surface area is 126 Å². The van der Waals surface area contributed by atoms with Gasteiger partial charge in [0.15, 0.2) is 0 Å². The zero-order chi connectivity index (χ0) is 15.2. The fourth-order valence-corrected chi connectivity index (χ4v) is 2.95. The summed E-state index contributed by atoms with van der Waals surface area (Å²) < 4.78 is 1.64. The molecule has 1 aromatic heterocycles. The van der Waals surface area contributed by atoms with Gasteiger partial charge in [-0.2, -0.15) is 5.10 Å². The van der Waals surface area contributed by atoms with Gasteiger partial charge in [-0.05, 0) is 39.7 Å². The van der Waals surface area contributed by atoms with Crippen molar-refractivity contribution in [3.63, 3.8) is 0 Å². The third kappa shape index (κ3) is 3.97. The number of rotatable bonds is 6. The van der Waals surface area contributed by atoms with Crippen LogP contribution in [-0.2, 0) is 6.54 Å². The molecule has 118 valence electrons. The van der Waals surface area contributed by atoms with Crippen LogP contribution in [0.3, 0.4) is 0 Å². The predicted octanol–water partition coefficient (Wildman–Crippen LogP) is 1.48. The number of piperidine rings is 1. The number of aromatic nitrogens is 2. The summed E-state index contributed by atoms with van der Waals surface area (Å²) in [5.74, 6) is -0.126. The third-order valence-electron chi connectivity index (χ3n) is 4.23. The first-order chi connectivity index (χ1) is 10.1. The lowest BCUT2D eigenvalue weighted by molar-refractivity contribution is 0.0939. The van der Waals surface area contributed by atoms with Gasteiger partial charge in [-0.15, -0.1) is 0 Å². The maximum Gasteiger partial charge on any atom is 0.271 e. The summed E-state index contributed by atoms with van der Waals surface area (Å²) in [5.41, 5.74) is 6.72. The Balaban J connectivity index is 1.75. The van der Waals surface area contributed by atoms with E-state index in [9.17, 15) is 4.79 Å². The predicted molar refractivity (Wildman–Crippen MR) is 84.1 cm³/mol. The molecule has 0 aliphatic carbocycles. The van der Waals surface area contributed by atoms with E-state index in [4.69, 9.17) is 5.73 Å². The van der Waals surface area contributed by atoms with E-state index in [1.165, 1.54) is 32.0 Å². The number of amides is 1. The van der Waals surface area contributed by atoms with Crippen LogP contribution in [0.2, 0.25) is 0 Å². The second kappa shape index (κ2) is 7.45. The molecule has 0 radical (unpaired) electrons. The molecule has 2 heterocycles. The second-order valence-electron chi connectivity index (χ2n) is 5.75. The van der Waals surface area contributed by atoms with Crippen molar-refractivity contribution in [2.45, 2.75) is 52.1 Å². The van der Waals surface area contributed by atoms with Gasteiger partial charge >= 0.3 is 0 Å². The van der Waals surface area contributed by atoms with E-state index in [2.05, 4.69) is 22.2 Å². The summed E-state index contributed by atoms with van der Waals surface area (Å²) in [6.07, 6.45) is 6.43. The highest BCUT2D eigenvalue weighted by Crippen LogP contribution is 2.16. The molecule has 21 heavy (non-hydrogen) atoms. The summed E-state index contributed by atoms with van der Waals surface area (Å²) in [6, 6.07) is 0.673. The first-order valence-electron chi connectivity index (χ1n) is 7.97. The van der Waals surface area contributed by atoms with Crippen molar-refractivity contribution in [2.24, 2.45) is 0 Å². The number of nitrogens with one attached hydrogen (secondary N) is 1. The van der Waals surface area contributed by atoms with Gasteiger partial charge in [0.2, 0.25) is 0 Å². The van der Waals surface area contributed by atoms with Crippen molar-refractivity contribution in [2.75, 3.05) is 25.4 Å². The van der Waals surface area contributed by atoms with Crippen LogP contribution in [-0.4, -0.2) is 46.3 Å². The molecule has 1 aliphatic heterocycles. The Morgan fingerprint density at radius 2 is 2.33 bits per heavy atom. The lowest BCUT2D eigenvalue weighted by Gasteiger charge is -2.33. The Morgan fingerprint density at radius 3 is 3.05 bits per heavy atom. The molecule has 1 amide bonds. The third-order valence-corrected chi connectivity index (χ3v) is 4.23. The number of nitrogens with two attached hydrogens (primary N) is 1. The minimum Gasteiger partial charge on any atom is -0.396 e. The topological polar surface area (TPSA) is 76.2 Å². The van der Waals surface area contributed by atoms with E-state index in [1.807, 2.05) is 6.92 Å². The van der Waals surface area contributed by atoms with E-state index in [-0.39, 0.29) is 5.91 Å². The SMILES string of the molecule is CCn1ncc(N)c1C(=O)NCCCN1CCCCC1C. The lowest BCUT2D eigenvalue weighted by Crippen LogP contribution is -2.39. The van der Waals surface area contributed by atoms with E-state index in [1.54, 1.807) is 4.68 Å². The Morgan fingerprint density at radius 1 is 1.52 bits per heavy atom. The molecule has 0 spiro atoms. The van der Waals surface area contributed by atoms with Gasteiger partial charge in [-0.1, -0.05) is 6.42 Å². The lowest BCUT2D eigenvalue weighted by atomic mass is 10.0. The first-order valence-corrected chi connectivity index (χ1v) is 7.97. The number of nitrogen functional groups attached to an aromatic ring is 1. The van der Waals surface area contributed by atoms with Crippen molar-refractivity contribution >= 4 is 11.6 Å². The molecule has 3 N–H and O–H groups in total.